The fourth-order valence-electron chi connectivity index (χ4n) is 0.999. The molecule has 0 bridgehead atoms. The number of Topliss-reactive ketones (excluding diaryl/α,β-unsaturated/α-hetero) is 1. The summed E-state index contributed by atoms with van der Waals surface area (Å²) < 4.78 is 23.1. The molecule has 0 fully saturated rings. The lowest BCUT2D eigenvalue weighted by atomic mass is 10.1. The highest BCUT2D eigenvalue weighted by Crippen LogP contribution is 2.11. The van der Waals surface area contributed by atoms with Crippen molar-refractivity contribution < 1.29 is 21.8 Å². The van der Waals surface area contributed by atoms with Gasteiger partial charge in [0, 0.05) is 5.56 Å². The van der Waals surface area contributed by atoms with Gasteiger partial charge in [-0.2, -0.15) is 0 Å². The second-order valence-electron chi connectivity index (χ2n) is 2.69. The smallest absolute Gasteiger partial charge is 0.379 e. The molecule has 0 N–H and O–H groups in total. The summed E-state index contributed by atoms with van der Waals surface area (Å²) in [5.74, 6) is -1.34. The topological polar surface area (TPSA) is 52.6 Å². The number of methoxy groups -OCH3 is 1. The highest BCUT2D eigenvalue weighted by atomic mass is 16.5. The Hall–Kier alpha value is -1.84. The molecule has 1 rings (SSSR count). The molecule has 0 aliphatic rings. The lowest BCUT2D eigenvalue weighted by Gasteiger charge is -2.02. The van der Waals surface area contributed by atoms with Crippen molar-refractivity contribution >= 4 is 11.8 Å². The summed E-state index contributed by atoms with van der Waals surface area (Å²) in [6.45, 7) is 1.76. The zero-order valence-electron chi connectivity index (χ0n) is 10.2. The molecule has 80 valence electrons. The molecular weight excluding hydrogens is 196 g/mol. The Morgan fingerprint density at radius 3 is 2.53 bits per heavy atom. The fraction of sp³-hybridized carbons (Fsp3) is 0.273. The van der Waals surface area contributed by atoms with Crippen molar-refractivity contribution in [2.45, 2.75) is 6.92 Å². The SMILES string of the molecule is [2H]C([2H])Oc1ccc(C(=O)C(=O)OCC)cc1. The lowest BCUT2D eigenvalue weighted by molar-refractivity contribution is -0.137. The van der Waals surface area contributed by atoms with Crippen LogP contribution in [0.2, 0.25) is 0 Å². The van der Waals surface area contributed by atoms with E-state index in [0.29, 0.717) is 5.75 Å². The Morgan fingerprint density at radius 1 is 1.33 bits per heavy atom. The summed E-state index contributed by atoms with van der Waals surface area (Å²) in [4.78, 5) is 22.6. The maximum atomic E-state index is 11.5. The average molecular weight is 210 g/mol. The van der Waals surface area contributed by atoms with Crippen LogP contribution in [0.3, 0.4) is 0 Å². The number of carbonyl (C=O) groups is 2. The molecule has 0 spiro atoms. The normalized spacial score (nSPS) is 11.6. The molecule has 1 aromatic rings. The number of rotatable bonds is 4. The summed E-state index contributed by atoms with van der Waals surface area (Å²) in [5, 5.41) is 0. The molecule has 0 amide bonds. The van der Waals surface area contributed by atoms with Gasteiger partial charge in [0.25, 0.3) is 5.78 Å². The van der Waals surface area contributed by atoms with E-state index in [1.807, 2.05) is 0 Å². The van der Waals surface area contributed by atoms with Crippen LogP contribution in [0.1, 0.15) is 20.0 Å². The van der Waals surface area contributed by atoms with Gasteiger partial charge in [0.2, 0.25) is 0 Å². The molecule has 1 aromatic carbocycles. The van der Waals surface area contributed by atoms with Crippen LogP contribution in [0.25, 0.3) is 0 Å². The molecule has 0 saturated carbocycles. The molecule has 15 heavy (non-hydrogen) atoms. The Balaban J connectivity index is 2.73. The highest BCUT2D eigenvalue weighted by Gasteiger charge is 2.16. The monoisotopic (exact) mass is 210 g/mol. The standard InChI is InChI=1S/C11H12O4/c1-3-15-11(13)10(12)8-4-6-9(14-2)7-5-8/h4-7H,3H2,1-2H3/i2D2. The maximum absolute atomic E-state index is 11.5. The summed E-state index contributed by atoms with van der Waals surface area (Å²) in [5.41, 5.74) is 0.183. The van der Waals surface area contributed by atoms with Gasteiger partial charge < -0.3 is 9.47 Å². The van der Waals surface area contributed by atoms with Crippen LogP contribution in [0, 0.1) is 0 Å². The van der Waals surface area contributed by atoms with Gasteiger partial charge in [-0.15, -0.1) is 0 Å². The van der Waals surface area contributed by atoms with Crippen LogP contribution < -0.4 is 4.74 Å². The second-order valence-corrected chi connectivity index (χ2v) is 2.69. The third-order valence-corrected chi connectivity index (χ3v) is 1.71. The first-order chi connectivity index (χ1) is 8.04. The minimum atomic E-state index is -1.43. The summed E-state index contributed by atoms with van der Waals surface area (Å²) in [7, 11) is -1.43. The number of hydrogen-bond donors (Lipinski definition) is 0. The van der Waals surface area contributed by atoms with E-state index in [9.17, 15) is 9.59 Å². The first kappa shape index (κ1) is 8.47. The Kier molecular flexibility index (Phi) is 2.90. The molecule has 0 saturated heterocycles. The summed E-state index contributed by atoms with van der Waals surface area (Å²) in [6, 6.07) is 5.61. The third-order valence-electron chi connectivity index (χ3n) is 1.71. The molecule has 0 aliphatic heterocycles. The number of benzene rings is 1. The van der Waals surface area contributed by atoms with Gasteiger partial charge in [0.05, 0.1) is 16.4 Å². The second kappa shape index (κ2) is 5.14. The van der Waals surface area contributed by atoms with Crippen molar-refractivity contribution in [3.05, 3.63) is 29.8 Å². The van der Waals surface area contributed by atoms with Gasteiger partial charge in [0.1, 0.15) is 5.75 Å². The van der Waals surface area contributed by atoms with Crippen LogP contribution in [-0.2, 0) is 9.53 Å². The van der Waals surface area contributed by atoms with Crippen LogP contribution in [-0.4, -0.2) is 25.4 Å². The molecular formula is C11H12O4. The van der Waals surface area contributed by atoms with Crippen LogP contribution in [0.5, 0.6) is 5.75 Å². The highest BCUT2D eigenvalue weighted by molar-refractivity contribution is 6.40. The van der Waals surface area contributed by atoms with Gasteiger partial charge in [-0.05, 0) is 31.2 Å². The van der Waals surface area contributed by atoms with Gasteiger partial charge in [-0.3, -0.25) is 4.79 Å². The molecule has 0 aromatic heterocycles. The molecule has 0 heterocycles. The molecule has 0 unspecified atom stereocenters. The van der Waals surface area contributed by atoms with E-state index in [2.05, 4.69) is 4.74 Å². The largest absolute Gasteiger partial charge is 0.497 e. The van der Waals surface area contributed by atoms with Crippen molar-refractivity contribution in [1.29, 1.82) is 0 Å². The lowest BCUT2D eigenvalue weighted by Crippen LogP contribution is -2.17. The maximum Gasteiger partial charge on any atom is 0.379 e. The predicted molar refractivity (Wildman–Crippen MR) is 54.0 cm³/mol. The first-order valence-corrected chi connectivity index (χ1v) is 4.37. The Bertz CT molecular complexity index is 400. The average Bonchev–Trinajstić information content (AvgIpc) is 2.28. The Labute approximate surface area is 90.6 Å². The molecule has 0 atom stereocenters. The van der Waals surface area contributed by atoms with Gasteiger partial charge in [0.15, 0.2) is 0 Å². The van der Waals surface area contributed by atoms with Crippen molar-refractivity contribution in [1.82, 2.24) is 0 Å². The van der Waals surface area contributed by atoms with Gasteiger partial charge in [-0.1, -0.05) is 0 Å². The van der Waals surface area contributed by atoms with E-state index in [1.165, 1.54) is 24.3 Å². The van der Waals surface area contributed by atoms with E-state index >= 15 is 0 Å². The zero-order valence-corrected chi connectivity index (χ0v) is 8.23. The molecule has 0 radical (unpaired) electrons. The van der Waals surface area contributed by atoms with Crippen molar-refractivity contribution in [3.63, 3.8) is 0 Å². The fourth-order valence-corrected chi connectivity index (χ4v) is 0.999. The van der Waals surface area contributed by atoms with Crippen LogP contribution in [0.15, 0.2) is 24.3 Å². The van der Waals surface area contributed by atoms with Crippen LogP contribution in [0.4, 0.5) is 0 Å². The van der Waals surface area contributed by atoms with Gasteiger partial charge in [-0.25, -0.2) is 4.79 Å². The van der Waals surface area contributed by atoms with Crippen LogP contribution >= 0.6 is 0 Å². The van der Waals surface area contributed by atoms with Crippen molar-refractivity contribution in [2.24, 2.45) is 0 Å². The van der Waals surface area contributed by atoms with Crippen molar-refractivity contribution in [2.75, 3.05) is 13.7 Å². The number of esters is 1. The summed E-state index contributed by atoms with van der Waals surface area (Å²) >= 11 is 0. The van der Waals surface area contributed by atoms with E-state index < -0.39 is 18.8 Å². The van der Waals surface area contributed by atoms with E-state index in [4.69, 9.17) is 7.48 Å². The molecule has 4 heteroatoms. The third kappa shape index (κ3) is 2.80. The summed E-state index contributed by atoms with van der Waals surface area (Å²) in [6.07, 6.45) is 0. The molecule has 4 nitrogen and oxygen atoms in total. The molecule has 0 aliphatic carbocycles. The minimum Gasteiger partial charge on any atom is -0.497 e. The van der Waals surface area contributed by atoms with Gasteiger partial charge >= 0.3 is 5.97 Å². The number of ketones is 1. The van der Waals surface area contributed by atoms with E-state index in [-0.39, 0.29) is 12.2 Å². The van der Waals surface area contributed by atoms with E-state index in [1.54, 1.807) is 6.92 Å². The van der Waals surface area contributed by atoms with Crippen molar-refractivity contribution in [3.8, 4) is 5.75 Å². The Morgan fingerprint density at radius 2 is 2.00 bits per heavy atom. The predicted octanol–water partition coefficient (Wildman–Crippen LogP) is 1.44. The van der Waals surface area contributed by atoms with E-state index in [0.717, 1.165) is 0 Å². The zero-order chi connectivity index (χ0) is 12.8. The number of ether oxygens (including phenoxy) is 2. The minimum absolute atomic E-state index is 0.144. The quantitative estimate of drug-likeness (QED) is 0.428. The first-order valence-electron chi connectivity index (χ1n) is 5.52. The number of carbonyl (C=O) groups excluding carboxylic acids is 2. The number of hydrogen-bond acceptors (Lipinski definition) is 4.